The summed E-state index contributed by atoms with van der Waals surface area (Å²) in [4.78, 5) is 1.33. The van der Waals surface area contributed by atoms with E-state index in [-0.39, 0.29) is 0 Å². The van der Waals surface area contributed by atoms with Crippen LogP contribution in [0.3, 0.4) is 0 Å². The molecular weight excluding hydrogens is 228 g/mol. The summed E-state index contributed by atoms with van der Waals surface area (Å²) in [5, 5.41) is 3.53. The molecule has 0 spiro atoms. The molecule has 1 aromatic rings. The minimum atomic E-state index is 0.447. The van der Waals surface area contributed by atoms with Gasteiger partial charge >= 0.3 is 0 Å². The Morgan fingerprint density at radius 1 is 1.29 bits per heavy atom. The summed E-state index contributed by atoms with van der Waals surface area (Å²) in [6, 6.07) is 8.84. The average Bonchev–Trinajstić information content (AvgIpc) is 3.16. The molecule has 0 heterocycles. The molecule has 0 unspecified atom stereocenters. The van der Waals surface area contributed by atoms with Crippen LogP contribution in [0.2, 0.25) is 0 Å². The van der Waals surface area contributed by atoms with Crippen molar-refractivity contribution in [3.05, 3.63) is 29.8 Å². The standard InChI is InChI=1S/C14H22N2S/c1-17-13-4-2-12(3-5-13)6-9-16-11-14(10-15)7-8-14/h2-5,16H,6-11,15H2,1H3. The lowest BCUT2D eigenvalue weighted by atomic mass is 10.1. The molecular formula is C14H22N2S. The van der Waals surface area contributed by atoms with Crippen LogP contribution < -0.4 is 11.1 Å². The number of hydrogen-bond donors (Lipinski definition) is 2. The van der Waals surface area contributed by atoms with Crippen LogP contribution in [-0.2, 0) is 6.42 Å². The van der Waals surface area contributed by atoms with Crippen molar-refractivity contribution >= 4 is 11.8 Å². The van der Waals surface area contributed by atoms with Crippen molar-refractivity contribution in [3.63, 3.8) is 0 Å². The summed E-state index contributed by atoms with van der Waals surface area (Å²) < 4.78 is 0. The topological polar surface area (TPSA) is 38.0 Å². The van der Waals surface area contributed by atoms with Gasteiger partial charge in [-0.05, 0) is 61.7 Å². The third-order valence-corrected chi connectivity index (χ3v) is 4.38. The fraction of sp³-hybridized carbons (Fsp3) is 0.571. The molecule has 2 rings (SSSR count). The first kappa shape index (κ1) is 12.9. The van der Waals surface area contributed by atoms with Crippen molar-refractivity contribution < 1.29 is 0 Å². The number of hydrogen-bond acceptors (Lipinski definition) is 3. The summed E-state index contributed by atoms with van der Waals surface area (Å²) in [5.74, 6) is 0. The summed E-state index contributed by atoms with van der Waals surface area (Å²) in [7, 11) is 0. The molecule has 3 heteroatoms. The van der Waals surface area contributed by atoms with Gasteiger partial charge in [0.15, 0.2) is 0 Å². The summed E-state index contributed by atoms with van der Waals surface area (Å²) in [5.41, 5.74) is 7.61. The second-order valence-electron chi connectivity index (χ2n) is 4.98. The van der Waals surface area contributed by atoms with Crippen LogP contribution in [0.25, 0.3) is 0 Å². The zero-order valence-corrected chi connectivity index (χ0v) is 11.4. The van der Waals surface area contributed by atoms with E-state index < -0.39 is 0 Å². The molecule has 0 aliphatic heterocycles. The minimum Gasteiger partial charge on any atom is -0.330 e. The number of rotatable bonds is 7. The molecule has 0 bridgehead atoms. The van der Waals surface area contributed by atoms with E-state index in [0.29, 0.717) is 5.41 Å². The van der Waals surface area contributed by atoms with Crippen LogP contribution >= 0.6 is 11.8 Å². The zero-order valence-electron chi connectivity index (χ0n) is 10.5. The van der Waals surface area contributed by atoms with Gasteiger partial charge in [0.2, 0.25) is 0 Å². The van der Waals surface area contributed by atoms with Crippen LogP contribution in [0.5, 0.6) is 0 Å². The highest BCUT2D eigenvalue weighted by atomic mass is 32.2. The Morgan fingerprint density at radius 3 is 2.53 bits per heavy atom. The Balaban J connectivity index is 1.67. The van der Waals surface area contributed by atoms with E-state index in [9.17, 15) is 0 Å². The van der Waals surface area contributed by atoms with E-state index >= 15 is 0 Å². The molecule has 94 valence electrons. The largest absolute Gasteiger partial charge is 0.330 e. The first-order chi connectivity index (χ1) is 8.28. The van der Waals surface area contributed by atoms with Crippen molar-refractivity contribution in [1.82, 2.24) is 5.32 Å². The van der Waals surface area contributed by atoms with Gasteiger partial charge in [0, 0.05) is 11.4 Å². The molecule has 0 radical (unpaired) electrons. The summed E-state index contributed by atoms with van der Waals surface area (Å²) in [6.45, 7) is 2.98. The first-order valence-corrected chi connectivity index (χ1v) is 7.54. The number of benzene rings is 1. The van der Waals surface area contributed by atoms with Gasteiger partial charge in [0.25, 0.3) is 0 Å². The fourth-order valence-corrected chi connectivity index (χ4v) is 2.42. The summed E-state index contributed by atoms with van der Waals surface area (Å²) >= 11 is 1.79. The summed E-state index contributed by atoms with van der Waals surface area (Å²) in [6.07, 6.45) is 5.83. The normalized spacial score (nSPS) is 17.1. The zero-order chi connectivity index (χ0) is 12.1. The quantitative estimate of drug-likeness (QED) is 0.576. The van der Waals surface area contributed by atoms with E-state index in [0.717, 1.165) is 26.1 Å². The molecule has 1 aliphatic rings. The van der Waals surface area contributed by atoms with Gasteiger partial charge in [-0.25, -0.2) is 0 Å². The maximum Gasteiger partial charge on any atom is 0.00693 e. The molecule has 0 aromatic heterocycles. The van der Waals surface area contributed by atoms with Crippen molar-refractivity contribution in [2.75, 3.05) is 25.9 Å². The van der Waals surface area contributed by atoms with Gasteiger partial charge in [-0.2, -0.15) is 0 Å². The van der Waals surface area contributed by atoms with Gasteiger partial charge < -0.3 is 11.1 Å². The minimum absolute atomic E-state index is 0.447. The number of nitrogens with one attached hydrogen (secondary N) is 1. The molecule has 0 atom stereocenters. The van der Waals surface area contributed by atoms with Gasteiger partial charge in [-0.15, -0.1) is 11.8 Å². The molecule has 2 nitrogen and oxygen atoms in total. The van der Waals surface area contributed by atoms with E-state index in [1.807, 2.05) is 0 Å². The predicted octanol–water partition coefficient (Wildman–Crippen LogP) is 2.28. The van der Waals surface area contributed by atoms with Crippen LogP contribution in [0.4, 0.5) is 0 Å². The van der Waals surface area contributed by atoms with Crippen molar-refractivity contribution in [2.45, 2.75) is 24.2 Å². The molecule has 0 amide bonds. The lowest BCUT2D eigenvalue weighted by Crippen LogP contribution is -2.30. The van der Waals surface area contributed by atoms with Crippen LogP contribution in [0.1, 0.15) is 18.4 Å². The maximum absolute atomic E-state index is 5.75. The lowest BCUT2D eigenvalue weighted by molar-refractivity contribution is 0.470. The van der Waals surface area contributed by atoms with E-state index in [1.54, 1.807) is 11.8 Å². The Kier molecular flexibility index (Phi) is 4.48. The van der Waals surface area contributed by atoms with Gasteiger partial charge in [-0.3, -0.25) is 0 Å². The Labute approximate surface area is 108 Å². The number of nitrogens with two attached hydrogens (primary N) is 1. The molecule has 1 fully saturated rings. The molecule has 17 heavy (non-hydrogen) atoms. The van der Waals surface area contributed by atoms with Crippen LogP contribution in [0.15, 0.2) is 29.2 Å². The molecule has 3 N–H and O–H groups in total. The second-order valence-corrected chi connectivity index (χ2v) is 5.86. The highest BCUT2D eigenvalue weighted by molar-refractivity contribution is 7.98. The molecule has 0 saturated heterocycles. The SMILES string of the molecule is CSc1ccc(CCNCC2(CN)CC2)cc1. The van der Waals surface area contributed by atoms with Gasteiger partial charge in [-0.1, -0.05) is 12.1 Å². The van der Waals surface area contributed by atoms with Crippen LogP contribution in [0, 0.1) is 5.41 Å². The van der Waals surface area contributed by atoms with E-state index in [2.05, 4.69) is 35.8 Å². The third-order valence-electron chi connectivity index (χ3n) is 3.64. The van der Waals surface area contributed by atoms with Crippen molar-refractivity contribution in [2.24, 2.45) is 11.1 Å². The fourth-order valence-electron chi connectivity index (χ4n) is 2.01. The highest BCUT2D eigenvalue weighted by Crippen LogP contribution is 2.43. The monoisotopic (exact) mass is 250 g/mol. The van der Waals surface area contributed by atoms with Crippen LogP contribution in [-0.4, -0.2) is 25.9 Å². The third kappa shape index (κ3) is 3.73. The predicted molar refractivity (Wildman–Crippen MR) is 75.5 cm³/mol. The smallest absolute Gasteiger partial charge is 0.00693 e. The maximum atomic E-state index is 5.75. The Morgan fingerprint density at radius 2 is 2.00 bits per heavy atom. The number of thioether (sulfide) groups is 1. The lowest BCUT2D eigenvalue weighted by Gasteiger charge is -2.13. The molecule has 1 saturated carbocycles. The van der Waals surface area contributed by atoms with Crippen molar-refractivity contribution in [1.29, 1.82) is 0 Å². The average molecular weight is 250 g/mol. The Bertz CT molecular complexity index is 344. The molecule has 1 aliphatic carbocycles. The van der Waals surface area contributed by atoms with Gasteiger partial charge in [0.05, 0.1) is 0 Å². The molecule has 1 aromatic carbocycles. The Hall–Kier alpha value is -0.510. The second kappa shape index (κ2) is 5.89. The highest BCUT2D eigenvalue weighted by Gasteiger charge is 2.40. The van der Waals surface area contributed by atoms with Gasteiger partial charge in [0.1, 0.15) is 0 Å². The van der Waals surface area contributed by atoms with E-state index in [1.165, 1.54) is 23.3 Å². The van der Waals surface area contributed by atoms with Crippen molar-refractivity contribution in [3.8, 4) is 0 Å². The van der Waals surface area contributed by atoms with E-state index in [4.69, 9.17) is 5.73 Å². The first-order valence-electron chi connectivity index (χ1n) is 6.32.